The summed E-state index contributed by atoms with van der Waals surface area (Å²) in [6.45, 7) is 0.912. The number of carbonyl (C=O) groups excluding carboxylic acids is 1. The van der Waals surface area contributed by atoms with E-state index in [1.165, 1.54) is 12.3 Å². The van der Waals surface area contributed by atoms with Crippen LogP contribution in [0.1, 0.15) is 44.4 Å². The normalized spacial score (nSPS) is 20.2. The van der Waals surface area contributed by atoms with Gasteiger partial charge in [-0.05, 0) is 34.4 Å². The molecule has 5 atom stereocenters. The van der Waals surface area contributed by atoms with Gasteiger partial charge in [0.1, 0.15) is 24.4 Å². The van der Waals surface area contributed by atoms with Crippen molar-refractivity contribution in [2.75, 3.05) is 6.61 Å². The number of hydrogen-bond donors (Lipinski definition) is 0. The van der Waals surface area contributed by atoms with Crippen LogP contribution in [-0.4, -0.2) is 41.9 Å². The number of aldehydes is 1. The van der Waals surface area contributed by atoms with Gasteiger partial charge in [0.05, 0.1) is 44.1 Å². The first kappa shape index (κ1) is 37.2. The largest absolute Gasteiger partial charge is 0.416 e. The zero-order chi connectivity index (χ0) is 37.3. The van der Waals surface area contributed by atoms with E-state index in [1.807, 2.05) is 121 Å². The summed E-state index contributed by atoms with van der Waals surface area (Å²) in [6.07, 6.45) is -6.80. The van der Waals surface area contributed by atoms with Crippen LogP contribution in [0.4, 0.5) is 13.2 Å². The van der Waals surface area contributed by atoms with Crippen molar-refractivity contribution < 1.29 is 41.7 Å². The highest BCUT2D eigenvalue weighted by Gasteiger charge is 2.49. The number of ether oxygens (including phenoxy) is 5. The van der Waals surface area contributed by atoms with Crippen molar-refractivity contribution in [3.8, 4) is 0 Å². The fraction of sp³-hybridized carbons (Fsp3) is 0.250. The first-order valence-corrected chi connectivity index (χ1v) is 17.8. The van der Waals surface area contributed by atoms with E-state index in [1.54, 1.807) is 4.57 Å². The van der Waals surface area contributed by atoms with Gasteiger partial charge in [0.25, 0.3) is 0 Å². The number of halogens is 3. The second-order valence-electron chi connectivity index (χ2n) is 13.2. The lowest BCUT2D eigenvalue weighted by Crippen LogP contribution is -2.59. The predicted molar refractivity (Wildman–Crippen MR) is 197 cm³/mol. The Bertz CT molecular complexity index is 2080. The number of carbonyl (C=O) groups is 1. The van der Waals surface area contributed by atoms with E-state index >= 15 is 0 Å². The zero-order valence-electron chi connectivity index (χ0n) is 29.4. The quantitative estimate of drug-likeness (QED) is 0.0980. The smallest absolute Gasteiger partial charge is 0.374 e. The van der Waals surface area contributed by atoms with E-state index < -0.39 is 42.4 Å². The van der Waals surface area contributed by atoms with Gasteiger partial charge in [0.2, 0.25) is 0 Å². The van der Waals surface area contributed by atoms with Crippen LogP contribution >= 0.6 is 0 Å². The third kappa shape index (κ3) is 8.98. The van der Waals surface area contributed by atoms with Crippen LogP contribution in [-0.2, 0) is 56.3 Å². The monoisotopic (exact) mass is 735 g/mol. The SMILES string of the molecule is O=Cc1cn([C@@H]2O[C@H](COCc3ccccc3)[C@@H](OCc3ccccc3)[C@H](OCc3ccccc3)[C@H]2OCc2ccccc2)c2cc(C(F)(F)F)ccc12. The lowest BCUT2D eigenvalue weighted by Gasteiger charge is -2.46. The molecule has 10 heteroatoms. The molecule has 5 aromatic carbocycles. The van der Waals surface area contributed by atoms with Gasteiger partial charge in [-0.3, -0.25) is 4.79 Å². The Kier molecular flexibility index (Phi) is 12.0. The molecule has 0 N–H and O–H groups in total. The summed E-state index contributed by atoms with van der Waals surface area (Å²) in [7, 11) is 0. The molecule has 1 aliphatic heterocycles. The summed E-state index contributed by atoms with van der Waals surface area (Å²) in [5.41, 5.74) is 3.19. The second kappa shape index (κ2) is 17.4. The van der Waals surface area contributed by atoms with Crippen LogP contribution in [0.25, 0.3) is 10.9 Å². The number of alkyl halides is 3. The molecule has 278 valence electrons. The van der Waals surface area contributed by atoms with Gasteiger partial charge in [-0.15, -0.1) is 0 Å². The van der Waals surface area contributed by atoms with Gasteiger partial charge < -0.3 is 28.3 Å². The van der Waals surface area contributed by atoms with Crippen LogP contribution < -0.4 is 0 Å². The Labute approximate surface area is 311 Å². The molecule has 0 amide bonds. The molecule has 1 aromatic heterocycles. The van der Waals surface area contributed by atoms with Crippen LogP contribution in [0.15, 0.2) is 146 Å². The molecule has 1 fully saturated rings. The molecule has 6 aromatic rings. The Hall–Kier alpha value is -5.10. The topological polar surface area (TPSA) is 68.2 Å². The molecule has 0 aliphatic carbocycles. The Morgan fingerprint density at radius 3 is 1.59 bits per heavy atom. The Balaban J connectivity index is 1.33. The maximum Gasteiger partial charge on any atom is 0.416 e. The first-order valence-electron chi connectivity index (χ1n) is 17.8. The van der Waals surface area contributed by atoms with Crippen molar-refractivity contribution in [1.82, 2.24) is 4.57 Å². The molecular formula is C44H40F3NO6. The van der Waals surface area contributed by atoms with Gasteiger partial charge >= 0.3 is 6.18 Å². The predicted octanol–water partition coefficient (Wildman–Crippen LogP) is 9.34. The summed E-state index contributed by atoms with van der Waals surface area (Å²) < 4.78 is 77.3. The number of aromatic nitrogens is 1. The molecule has 7 rings (SSSR count). The Morgan fingerprint density at radius 2 is 1.09 bits per heavy atom. The van der Waals surface area contributed by atoms with E-state index in [2.05, 4.69) is 0 Å². The van der Waals surface area contributed by atoms with E-state index in [9.17, 15) is 18.0 Å². The molecule has 0 saturated carbocycles. The number of nitrogens with zero attached hydrogens (tertiary/aromatic N) is 1. The number of fused-ring (bicyclic) bond motifs is 1. The minimum atomic E-state index is -4.62. The van der Waals surface area contributed by atoms with E-state index in [0.29, 0.717) is 11.7 Å². The van der Waals surface area contributed by atoms with Gasteiger partial charge in [-0.2, -0.15) is 13.2 Å². The Morgan fingerprint density at radius 1 is 0.611 bits per heavy atom. The lowest BCUT2D eigenvalue weighted by atomic mass is 9.96. The minimum absolute atomic E-state index is 0.0645. The molecule has 0 unspecified atom stereocenters. The fourth-order valence-electron chi connectivity index (χ4n) is 6.75. The average molecular weight is 736 g/mol. The summed E-state index contributed by atoms with van der Waals surface area (Å²) in [6, 6.07) is 41.9. The molecular weight excluding hydrogens is 695 g/mol. The maximum atomic E-state index is 14.1. The summed E-state index contributed by atoms with van der Waals surface area (Å²) in [5, 5.41) is 0.351. The van der Waals surface area contributed by atoms with Gasteiger partial charge in [0.15, 0.2) is 12.5 Å². The van der Waals surface area contributed by atoms with Crippen molar-refractivity contribution in [3.05, 3.63) is 179 Å². The van der Waals surface area contributed by atoms with Crippen molar-refractivity contribution in [3.63, 3.8) is 0 Å². The van der Waals surface area contributed by atoms with Crippen molar-refractivity contribution in [2.24, 2.45) is 0 Å². The lowest BCUT2D eigenvalue weighted by molar-refractivity contribution is -0.289. The highest BCUT2D eigenvalue weighted by Crippen LogP contribution is 2.40. The minimum Gasteiger partial charge on any atom is -0.374 e. The molecule has 54 heavy (non-hydrogen) atoms. The highest BCUT2D eigenvalue weighted by molar-refractivity contribution is 5.98. The van der Waals surface area contributed by atoms with E-state index in [0.717, 1.165) is 34.4 Å². The summed E-state index contributed by atoms with van der Waals surface area (Å²) >= 11 is 0. The van der Waals surface area contributed by atoms with Gasteiger partial charge in [0, 0.05) is 17.1 Å². The van der Waals surface area contributed by atoms with Crippen LogP contribution in [0, 0.1) is 0 Å². The molecule has 0 bridgehead atoms. The highest BCUT2D eigenvalue weighted by atomic mass is 19.4. The van der Waals surface area contributed by atoms with Gasteiger partial charge in [-0.25, -0.2) is 0 Å². The van der Waals surface area contributed by atoms with Crippen molar-refractivity contribution >= 4 is 17.2 Å². The number of rotatable bonds is 15. The molecule has 1 aliphatic rings. The second-order valence-corrected chi connectivity index (χ2v) is 13.2. The van der Waals surface area contributed by atoms with E-state index in [-0.39, 0.29) is 44.1 Å². The summed E-state index contributed by atoms with van der Waals surface area (Å²) in [4.78, 5) is 12.4. The van der Waals surface area contributed by atoms with Crippen LogP contribution in [0.3, 0.4) is 0 Å². The van der Waals surface area contributed by atoms with Gasteiger partial charge in [-0.1, -0.05) is 127 Å². The van der Waals surface area contributed by atoms with Crippen molar-refractivity contribution in [1.29, 1.82) is 0 Å². The third-order valence-corrected chi connectivity index (χ3v) is 9.45. The molecule has 0 spiro atoms. The molecule has 1 saturated heterocycles. The number of hydrogen-bond acceptors (Lipinski definition) is 6. The standard InChI is InChI=1S/C44H40F3NO6/c45-44(46,47)36-21-22-37-35(25-49)24-48(38(37)23-36)43-42(53-29-34-19-11-4-12-20-34)41(52-28-33-17-9-3-10-18-33)40(51-27-32-15-7-2-8-16-32)39(54-43)30-50-26-31-13-5-1-6-14-31/h1-25,39-43H,26-30H2/t39-,40-,41+,42-,43-/m1/s1. The van der Waals surface area contributed by atoms with Crippen LogP contribution in [0.5, 0.6) is 0 Å². The first-order chi connectivity index (χ1) is 26.4. The third-order valence-electron chi connectivity index (χ3n) is 9.45. The fourth-order valence-corrected chi connectivity index (χ4v) is 6.75. The molecule has 0 radical (unpaired) electrons. The average Bonchev–Trinajstić information content (AvgIpc) is 3.58. The van der Waals surface area contributed by atoms with E-state index in [4.69, 9.17) is 23.7 Å². The molecule has 2 heterocycles. The zero-order valence-corrected chi connectivity index (χ0v) is 29.4. The molecule has 7 nitrogen and oxygen atoms in total. The number of benzene rings is 5. The van der Waals surface area contributed by atoms with Crippen LogP contribution in [0.2, 0.25) is 0 Å². The van der Waals surface area contributed by atoms with Crippen molar-refractivity contribution in [2.45, 2.75) is 63.2 Å². The summed E-state index contributed by atoms with van der Waals surface area (Å²) in [5.74, 6) is 0. The maximum absolute atomic E-state index is 14.1.